The molecule has 5 rings (SSSR count). The number of aryl methyl sites for hydroxylation is 1. The number of carbonyl (C=O) groups is 2. The number of hydrogen-bond donors (Lipinski definition) is 1. The lowest BCUT2D eigenvalue weighted by molar-refractivity contribution is -0.120. The molecule has 0 saturated carbocycles. The van der Waals surface area contributed by atoms with Crippen LogP contribution in [0.2, 0.25) is 5.02 Å². The molecule has 4 nitrogen and oxygen atoms in total. The fourth-order valence-corrected chi connectivity index (χ4v) is 4.18. The van der Waals surface area contributed by atoms with Crippen LogP contribution in [-0.4, -0.2) is 11.8 Å². The molecule has 0 aliphatic carbocycles. The molecule has 5 heteroatoms. The maximum Gasteiger partial charge on any atom is 0.282 e. The Balaban J connectivity index is 1.68. The third-order valence-electron chi connectivity index (χ3n) is 5.61. The zero-order valence-corrected chi connectivity index (χ0v) is 18.1. The third-order valence-corrected chi connectivity index (χ3v) is 5.85. The summed E-state index contributed by atoms with van der Waals surface area (Å²) in [6.07, 6.45) is 0. The van der Waals surface area contributed by atoms with Crippen LogP contribution in [0, 0.1) is 6.92 Å². The molecule has 1 heterocycles. The van der Waals surface area contributed by atoms with Crippen LogP contribution in [0.15, 0.2) is 96.7 Å². The molecular formula is C27H19ClN2O2. The number of hydrogen-bond acceptors (Lipinski definition) is 3. The molecule has 0 radical (unpaired) electrons. The number of anilines is 2. The van der Waals surface area contributed by atoms with Crippen molar-refractivity contribution < 1.29 is 9.59 Å². The highest BCUT2D eigenvalue weighted by atomic mass is 35.5. The fourth-order valence-electron chi connectivity index (χ4n) is 4.00. The summed E-state index contributed by atoms with van der Waals surface area (Å²) in [5.41, 5.74) is 3.41. The molecule has 32 heavy (non-hydrogen) atoms. The van der Waals surface area contributed by atoms with Crippen molar-refractivity contribution in [2.24, 2.45) is 0 Å². The number of fused-ring (bicyclic) bond motifs is 1. The van der Waals surface area contributed by atoms with Crippen LogP contribution in [0.5, 0.6) is 0 Å². The lowest BCUT2D eigenvalue weighted by Crippen LogP contribution is -2.32. The van der Waals surface area contributed by atoms with Gasteiger partial charge in [-0.1, -0.05) is 84.4 Å². The van der Waals surface area contributed by atoms with E-state index in [0.29, 0.717) is 27.5 Å². The van der Waals surface area contributed by atoms with Crippen molar-refractivity contribution >= 4 is 51.1 Å². The predicted octanol–water partition coefficient (Wildman–Crippen LogP) is 6.20. The second kappa shape index (κ2) is 7.98. The zero-order chi connectivity index (χ0) is 22.2. The first-order chi connectivity index (χ1) is 15.5. The number of rotatable bonds is 4. The number of nitrogens with one attached hydrogen (secondary N) is 1. The van der Waals surface area contributed by atoms with Crippen LogP contribution >= 0.6 is 11.6 Å². The van der Waals surface area contributed by atoms with Gasteiger partial charge in [0.25, 0.3) is 11.8 Å². The average molecular weight is 439 g/mol. The monoisotopic (exact) mass is 438 g/mol. The van der Waals surface area contributed by atoms with Gasteiger partial charge in [-0.15, -0.1) is 0 Å². The normalized spacial score (nSPS) is 13.9. The molecule has 0 bridgehead atoms. The Morgan fingerprint density at radius 2 is 1.50 bits per heavy atom. The lowest BCUT2D eigenvalue weighted by atomic mass is 10.0. The van der Waals surface area contributed by atoms with Crippen molar-refractivity contribution in [2.75, 3.05) is 10.2 Å². The van der Waals surface area contributed by atoms with Gasteiger partial charge in [0, 0.05) is 16.1 Å². The maximum atomic E-state index is 13.7. The van der Waals surface area contributed by atoms with E-state index < -0.39 is 5.91 Å². The topological polar surface area (TPSA) is 49.4 Å². The SMILES string of the molecule is Cc1ccc(Cl)cc1NC1=C(c2ccccc2)C(=O)N(c2cccc3ccccc23)C1=O. The lowest BCUT2D eigenvalue weighted by Gasteiger charge is -2.18. The number of halogens is 1. The van der Waals surface area contributed by atoms with Crippen molar-refractivity contribution in [3.05, 3.63) is 113 Å². The summed E-state index contributed by atoms with van der Waals surface area (Å²) >= 11 is 6.19. The van der Waals surface area contributed by atoms with Crippen molar-refractivity contribution in [2.45, 2.75) is 6.92 Å². The molecule has 0 spiro atoms. The van der Waals surface area contributed by atoms with Crippen molar-refractivity contribution in [3.8, 4) is 0 Å². The number of imide groups is 1. The molecule has 4 aromatic carbocycles. The number of nitrogens with zero attached hydrogens (tertiary/aromatic N) is 1. The van der Waals surface area contributed by atoms with E-state index >= 15 is 0 Å². The van der Waals surface area contributed by atoms with Gasteiger partial charge < -0.3 is 5.32 Å². The minimum absolute atomic E-state index is 0.236. The molecule has 1 aliphatic heterocycles. The van der Waals surface area contributed by atoms with Crippen molar-refractivity contribution in [1.82, 2.24) is 0 Å². The average Bonchev–Trinajstić information content (AvgIpc) is 3.05. The van der Waals surface area contributed by atoms with E-state index in [-0.39, 0.29) is 11.6 Å². The van der Waals surface area contributed by atoms with E-state index in [9.17, 15) is 9.59 Å². The van der Waals surface area contributed by atoms with E-state index in [2.05, 4.69) is 5.32 Å². The van der Waals surface area contributed by atoms with Crippen LogP contribution in [-0.2, 0) is 9.59 Å². The van der Waals surface area contributed by atoms with Gasteiger partial charge in [0.1, 0.15) is 5.70 Å². The summed E-state index contributed by atoms with van der Waals surface area (Å²) < 4.78 is 0. The standard InChI is InChI=1S/C27H19ClN2O2/c1-17-14-15-20(28)16-22(17)29-25-24(19-9-3-2-4-10-19)26(31)30(27(25)32)23-13-7-11-18-8-5-6-12-21(18)23/h2-16,29H,1H3. The maximum absolute atomic E-state index is 13.7. The first-order valence-corrected chi connectivity index (χ1v) is 10.6. The molecular weight excluding hydrogens is 420 g/mol. The molecule has 1 aliphatic rings. The van der Waals surface area contributed by atoms with E-state index in [1.807, 2.05) is 79.7 Å². The molecule has 1 N–H and O–H groups in total. The zero-order valence-electron chi connectivity index (χ0n) is 17.3. The Bertz CT molecular complexity index is 1400. The van der Waals surface area contributed by atoms with Crippen molar-refractivity contribution in [1.29, 1.82) is 0 Å². The Kier molecular flexibility index (Phi) is 5.00. The van der Waals surface area contributed by atoms with Gasteiger partial charge >= 0.3 is 0 Å². The number of amides is 2. The summed E-state index contributed by atoms with van der Waals surface area (Å²) in [6, 6.07) is 28.0. The minimum atomic E-state index is -0.399. The van der Waals surface area contributed by atoms with E-state index in [4.69, 9.17) is 11.6 Å². The Labute approximate surface area is 190 Å². The van der Waals surface area contributed by atoms with Crippen LogP contribution in [0.1, 0.15) is 11.1 Å². The van der Waals surface area contributed by atoms with Crippen LogP contribution in [0.3, 0.4) is 0 Å². The van der Waals surface area contributed by atoms with Crippen LogP contribution < -0.4 is 10.2 Å². The highest BCUT2D eigenvalue weighted by Crippen LogP contribution is 2.37. The van der Waals surface area contributed by atoms with Gasteiger partial charge in [0.05, 0.1) is 11.3 Å². The summed E-state index contributed by atoms with van der Waals surface area (Å²) in [7, 11) is 0. The minimum Gasteiger partial charge on any atom is -0.350 e. The van der Waals surface area contributed by atoms with Gasteiger partial charge in [-0.3, -0.25) is 9.59 Å². The molecule has 4 aromatic rings. The summed E-state index contributed by atoms with van der Waals surface area (Å²) in [4.78, 5) is 28.6. The molecule has 156 valence electrons. The van der Waals surface area contributed by atoms with Crippen molar-refractivity contribution in [3.63, 3.8) is 0 Å². The second-order valence-corrected chi connectivity index (χ2v) is 8.08. The Morgan fingerprint density at radius 3 is 2.31 bits per heavy atom. The van der Waals surface area contributed by atoms with Gasteiger partial charge in [-0.2, -0.15) is 0 Å². The quantitative estimate of drug-likeness (QED) is 0.386. The summed E-state index contributed by atoms with van der Waals surface area (Å²) in [6.45, 7) is 1.92. The number of benzene rings is 4. The van der Waals surface area contributed by atoms with Gasteiger partial charge in [0.2, 0.25) is 0 Å². The number of carbonyl (C=O) groups excluding carboxylic acids is 2. The molecule has 0 fully saturated rings. The first-order valence-electron chi connectivity index (χ1n) is 10.2. The Hall–Kier alpha value is -3.89. The van der Waals surface area contributed by atoms with Crippen LogP contribution in [0.25, 0.3) is 16.3 Å². The second-order valence-electron chi connectivity index (χ2n) is 7.64. The highest BCUT2D eigenvalue weighted by Gasteiger charge is 2.40. The fraction of sp³-hybridized carbons (Fsp3) is 0.0370. The smallest absolute Gasteiger partial charge is 0.282 e. The molecule has 0 saturated heterocycles. The summed E-state index contributed by atoms with van der Waals surface area (Å²) in [5.74, 6) is -0.760. The molecule has 0 aromatic heterocycles. The summed E-state index contributed by atoms with van der Waals surface area (Å²) in [5, 5.41) is 5.55. The predicted molar refractivity (Wildman–Crippen MR) is 130 cm³/mol. The first kappa shape index (κ1) is 20.0. The van der Waals surface area contributed by atoms with Gasteiger partial charge in [0.15, 0.2) is 0 Å². The Morgan fingerprint density at radius 1 is 0.781 bits per heavy atom. The molecule has 0 atom stereocenters. The van der Waals surface area contributed by atoms with Crippen LogP contribution in [0.4, 0.5) is 11.4 Å². The molecule has 2 amide bonds. The van der Waals surface area contributed by atoms with Gasteiger partial charge in [-0.05, 0) is 41.6 Å². The van der Waals surface area contributed by atoms with E-state index in [1.54, 1.807) is 18.2 Å². The van der Waals surface area contributed by atoms with E-state index in [0.717, 1.165) is 16.3 Å². The largest absolute Gasteiger partial charge is 0.350 e. The molecule has 0 unspecified atom stereocenters. The van der Waals surface area contributed by atoms with E-state index in [1.165, 1.54) is 4.90 Å². The highest BCUT2D eigenvalue weighted by molar-refractivity contribution is 6.47. The third kappa shape index (κ3) is 3.35. The van der Waals surface area contributed by atoms with Gasteiger partial charge in [-0.25, -0.2) is 4.90 Å².